The molecule has 0 saturated carbocycles. The number of aromatic nitrogens is 2. The first-order chi connectivity index (χ1) is 15.9. The number of fused-ring (bicyclic) bond motifs is 1. The van der Waals surface area contributed by atoms with Crippen LogP contribution in [0.25, 0.3) is 22.9 Å². The number of alkyl halides is 2. The van der Waals surface area contributed by atoms with Crippen molar-refractivity contribution in [2.75, 3.05) is 11.9 Å². The average molecular weight is 452 g/mol. The summed E-state index contributed by atoms with van der Waals surface area (Å²) in [4.78, 5) is 11.9. The molecule has 2 aromatic carbocycles. The minimum absolute atomic E-state index is 0.163. The molecule has 3 aromatic rings. The lowest BCUT2D eigenvalue weighted by Gasteiger charge is -2.17. The molecule has 0 spiro atoms. The fraction of sp³-hybridized carbons (Fsp3) is 0.200. The number of urea groups is 1. The van der Waals surface area contributed by atoms with Crippen molar-refractivity contribution in [2.24, 2.45) is 0 Å². The number of nitrogens with zero attached hydrogens (tertiary/aromatic N) is 2. The highest BCUT2D eigenvalue weighted by molar-refractivity contribution is 5.90. The molecule has 0 aliphatic carbocycles. The number of hydrogen-bond acceptors (Lipinski definition) is 2. The normalized spacial score (nSPS) is 15.4. The third kappa shape index (κ3) is 5.34. The standard InChI is InChI=1S/C25H23F3N4O/c1-16-4-2-6-19(17-8-10-20(26)11-9-17)15-32-24(16)22(13-30-32)18-5-3-7-21(12-18)31-25(33)29-14-23(27)28/h2-3,5-13,15-16,23H,4,14H2,1H3,(H2,29,31,33). The number of benzene rings is 2. The summed E-state index contributed by atoms with van der Waals surface area (Å²) in [5.74, 6) is -0.128. The van der Waals surface area contributed by atoms with Crippen LogP contribution in [0.2, 0.25) is 0 Å². The summed E-state index contributed by atoms with van der Waals surface area (Å²) in [5, 5.41) is 9.27. The smallest absolute Gasteiger partial charge is 0.319 e. The van der Waals surface area contributed by atoms with Gasteiger partial charge in [-0.15, -0.1) is 0 Å². The van der Waals surface area contributed by atoms with Crippen LogP contribution in [0.3, 0.4) is 0 Å². The van der Waals surface area contributed by atoms with Crippen LogP contribution in [0.15, 0.2) is 66.9 Å². The van der Waals surface area contributed by atoms with E-state index in [1.807, 2.05) is 23.0 Å². The van der Waals surface area contributed by atoms with Crippen LogP contribution in [0, 0.1) is 5.82 Å². The molecule has 0 fully saturated rings. The topological polar surface area (TPSA) is 59.0 Å². The number of halogens is 3. The van der Waals surface area contributed by atoms with Gasteiger partial charge in [-0.25, -0.2) is 22.6 Å². The number of nitrogens with one attached hydrogen (secondary N) is 2. The fourth-order valence-electron chi connectivity index (χ4n) is 3.80. The van der Waals surface area contributed by atoms with Gasteiger partial charge in [-0.1, -0.05) is 43.3 Å². The van der Waals surface area contributed by atoms with Gasteiger partial charge in [0.2, 0.25) is 0 Å². The molecule has 4 rings (SSSR count). The van der Waals surface area contributed by atoms with E-state index in [9.17, 15) is 18.0 Å². The van der Waals surface area contributed by atoms with Crippen molar-refractivity contribution in [1.82, 2.24) is 15.1 Å². The molecule has 0 bridgehead atoms. The molecule has 0 radical (unpaired) electrons. The molecule has 2 heterocycles. The van der Waals surface area contributed by atoms with Gasteiger partial charge in [-0.3, -0.25) is 0 Å². The van der Waals surface area contributed by atoms with E-state index >= 15 is 0 Å². The maximum Gasteiger partial charge on any atom is 0.319 e. The maximum absolute atomic E-state index is 13.4. The molecule has 1 aliphatic heterocycles. The monoisotopic (exact) mass is 452 g/mol. The largest absolute Gasteiger partial charge is 0.332 e. The molecule has 8 heteroatoms. The van der Waals surface area contributed by atoms with Crippen LogP contribution in [0.1, 0.15) is 30.5 Å². The highest BCUT2D eigenvalue weighted by atomic mass is 19.3. The molecular weight excluding hydrogens is 429 g/mol. The Labute approximate surface area is 189 Å². The summed E-state index contributed by atoms with van der Waals surface area (Å²) in [5.41, 5.74) is 5.02. The Balaban J connectivity index is 1.65. The summed E-state index contributed by atoms with van der Waals surface area (Å²) in [7, 11) is 0. The van der Waals surface area contributed by atoms with Gasteiger partial charge >= 0.3 is 6.03 Å². The van der Waals surface area contributed by atoms with Crippen molar-refractivity contribution in [1.29, 1.82) is 0 Å². The van der Waals surface area contributed by atoms with Gasteiger partial charge in [-0.05, 0) is 47.4 Å². The van der Waals surface area contributed by atoms with E-state index in [1.54, 1.807) is 36.5 Å². The predicted molar refractivity (Wildman–Crippen MR) is 123 cm³/mol. The van der Waals surface area contributed by atoms with Crippen LogP contribution in [0.5, 0.6) is 0 Å². The molecule has 2 amide bonds. The van der Waals surface area contributed by atoms with E-state index in [1.165, 1.54) is 12.1 Å². The Morgan fingerprint density at radius 3 is 2.73 bits per heavy atom. The lowest BCUT2D eigenvalue weighted by molar-refractivity contribution is 0.148. The Kier molecular flexibility index (Phi) is 6.63. The third-order valence-corrected chi connectivity index (χ3v) is 5.38. The molecule has 1 aromatic heterocycles. The van der Waals surface area contributed by atoms with E-state index in [2.05, 4.69) is 28.7 Å². The van der Waals surface area contributed by atoms with E-state index < -0.39 is 19.0 Å². The second-order valence-corrected chi connectivity index (χ2v) is 7.83. The predicted octanol–water partition coefficient (Wildman–Crippen LogP) is 6.14. The van der Waals surface area contributed by atoms with Crippen molar-refractivity contribution >= 4 is 23.5 Å². The van der Waals surface area contributed by atoms with E-state index in [4.69, 9.17) is 0 Å². The fourth-order valence-corrected chi connectivity index (χ4v) is 3.80. The van der Waals surface area contributed by atoms with Gasteiger partial charge in [0.1, 0.15) is 5.82 Å². The summed E-state index contributed by atoms with van der Waals surface area (Å²) in [6.45, 7) is 1.40. The minimum atomic E-state index is -2.61. The van der Waals surface area contributed by atoms with Crippen molar-refractivity contribution in [2.45, 2.75) is 25.7 Å². The number of hydrogen-bond donors (Lipinski definition) is 2. The summed E-state index contributed by atoms with van der Waals surface area (Å²) >= 11 is 0. The van der Waals surface area contributed by atoms with Gasteiger partial charge < -0.3 is 10.6 Å². The van der Waals surface area contributed by atoms with Gasteiger partial charge in [0.15, 0.2) is 0 Å². The van der Waals surface area contributed by atoms with Gasteiger partial charge in [0.25, 0.3) is 6.43 Å². The van der Waals surface area contributed by atoms with E-state index in [0.29, 0.717) is 5.69 Å². The SMILES string of the molecule is CC1CC=CC(c2ccc(F)cc2)=Cn2ncc(-c3cccc(NC(=O)NCC(F)F)c3)c21. The van der Waals surface area contributed by atoms with E-state index in [0.717, 1.165) is 34.4 Å². The second-order valence-electron chi connectivity index (χ2n) is 7.83. The second kappa shape index (κ2) is 9.77. The van der Waals surface area contributed by atoms with E-state index in [-0.39, 0.29) is 11.7 Å². The lowest BCUT2D eigenvalue weighted by atomic mass is 9.94. The summed E-state index contributed by atoms with van der Waals surface area (Å²) in [6.07, 6.45) is 5.95. The molecule has 170 valence electrons. The summed E-state index contributed by atoms with van der Waals surface area (Å²) in [6, 6.07) is 12.8. The van der Waals surface area contributed by atoms with Crippen LogP contribution in [0.4, 0.5) is 23.7 Å². The highest BCUT2D eigenvalue weighted by Crippen LogP contribution is 2.35. The average Bonchev–Trinajstić information content (AvgIpc) is 3.19. The zero-order chi connectivity index (χ0) is 23.4. The first kappa shape index (κ1) is 22.4. The van der Waals surface area contributed by atoms with Crippen LogP contribution in [-0.4, -0.2) is 28.8 Å². The molecule has 1 unspecified atom stereocenters. The van der Waals surface area contributed by atoms with Crippen molar-refractivity contribution < 1.29 is 18.0 Å². The van der Waals surface area contributed by atoms with Crippen molar-refractivity contribution in [3.05, 3.63) is 84.0 Å². The highest BCUT2D eigenvalue weighted by Gasteiger charge is 2.19. The molecule has 33 heavy (non-hydrogen) atoms. The van der Waals surface area contributed by atoms with Crippen LogP contribution < -0.4 is 10.6 Å². The number of carbonyl (C=O) groups excluding carboxylic acids is 1. The minimum Gasteiger partial charge on any atom is -0.332 e. The molecule has 2 N–H and O–H groups in total. The first-order valence-corrected chi connectivity index (χ1v) is 10.6. The number of amides is 2. The molecular formula is C25H23F3N4O. The van der Waals surface area contributed by atoms with Gasteiger partial charge in [-0.2, -0.15) is 5.10 Å². The summed E-state index contributed by atoms with van der Waals surface area (Å²) < 4.78 is 39.8. The van der Waals surface area contributed by atoms with Crippen molar-refractivity contribution in [3.8, 4) is 11.1 Å². The maximum atomic E-state index is 13.4. The van der Waals surface area contributed by atoms with Crippen molar-refractivity contribution in [3.63, 3.8) is 0 Å². The quantitative estimate of drug-likeness (QED) is 0.489. The zero-order valence-corrected chi connectivity index (χ0v) is 17.9. The lowest BCUT2D eigenvalue weighted by Crippen LogP contribution is -2.32. The number of rotatable bonds is 5. The van der Waals surface area contributed by atoms with Crippen LogP contribution >= 0.6 is 0 Å². The molecule has 1 aliphatic rings. The molecule has 0 saturated heterocycles. The van der Waals surface area contributed by atoms with Crippen LogP contribution in [-0.2, 0) is 0 Å². The third-order valence-electron chi connectivity index (χ3n) is 5.38. The molecule has 5 nitrogen and oxygen atoms in total. The number of anilines is 1. The molecule has 1 atom stereocenters. The van der Waals surface area contributed by atoms with Gasteiger partial charge in [0.05, 0.1) is 18.4 Å². The Morgan fingerprint density at radius 1 is 1.18 bits per heavy atom. The Bertz CT molecular complexity index is 1200. The number of carbonyl (C=O) groups is 1. The Hall–Kier alpha value is -3.81. The van der Waals surface area contributed by atoms with Gasteiger partial charge in [0, 0.05) is 23.4 Å². The Morgan fingerprint density at radius 2 is 1.97 bits per heavy atom. The first-order valence-electron chi connectivity index (χ1n) is 10.6. The number of allylic oxidation sites excluding steroid dienone is 3. The zero-order valence-electron chi connectivity index (χ0n) is 17.9.